The molecule has 0 aliphatic carbocycles. The summed E-state index contributed by atoms with van der Waals surface area (Å²) < 4.78 is 5.10. The number of ether oxygens (including phenoxy) is 1. The molecule has 0 radical (unpaired) electrons. The molecule has 0 bridgehead atoms. The fourth-order valence-electron chi connectivity index (χ4n) is 2.86. The van der Waals surface area contributed by atoms with E-state index in [0.29, 0.717) is 22.0 Å². The number of nitrogens with zero attached hydrogens (tertiary/aromatic N) is 3. The van der Waals surface area contributed by atoms with E-state index in [9.17, 15) is 14.9 Å². The molecule has 1 fully saturated rings. The van der Waals surface area contributed by atoms with Gasteiger partial charge < -0.3 is 4.74 Å². The number of aryl methyl sites for hydroxylation is 2. The van der Waals surface area contributed by atoms with Crippen LogP contribution in [0.4, 0.5) is 5.69 Å². The number of aromatic nitrogens is 1. The van der Waals surface area contributed by atoms with Gasteiger partial charge in [0.15, 0.2) is 0 Å². The van der Waals surface area contributed by atoms with Crippen LogP contribution in [0.2, 0.25) is 0 Å². The third-order valence-corrected chi connectivity index (χ3v) is 5.28. The summed E-state index contributed by atoms with van der Waals surface area (Å²) in [6.45, 7) is 3.67. The molecule has 1 aliphatic heterocycles. The lowest BCUT2D eigenvalue weighted by atomic mass is 10.1. The summed E-state index contributed by atoms with van der Waals surface area (Å²) in [6, 6.07) is 10.7. The third-order valence-electron chi connectivity index (χ3n) is 4.11. The van der Waals surface area contributed by atoms with Gasteiger partial charge in [-0.15, -0.1) is 0 Å². The number of amides is 2. The largest absolute Gasteiger partial charge is 0.497 e. The zero-order chi connectivity index (χ0) is 18.8. The minimum absolute atomic E-state index is 0.0784. The maximum absolute atomic E-state index is 12.8. The zero-order valence-corrected chi connectivity index (χ0v) is 15.5. The maximum atomic E-state index is 12.8. The molecule has 3 rings (SSSR count). The zero-order valence-electron chi connectivity index (χ0n) is 14.6. The average Bonchev–Trinajstić information content (AvgIpc) is 2.88. The Morgan fingerprint density at radius 2 is 1.96 bits per heavy atom. The van der Waals surface area contributed by atoms with Crippen molar-refractivity contribution in [2.75, 3.05) is 12.0 Å². The summed E-state index contributed by atoms with van der Waals surface area (Å²) in [5.74, 6) is 0.0902. The van der Waals surface area contributed by atoms with Gasteiger partial charge >= 0.3 is 0 Å². The smallest absolute Gasteiger partial charge is 0.247 e. The molecular formula is C19H17N3O3S. The van der Waals surface area contributed by atoms with Crippen molar-refractivity contribution in [1.82, 2.24) is 4.98 Å². The van der Waals surface area contributed by atoms with Crippen molar-refractivity contribution in [3.8, 4) is 11.8 Å². The number of thioether (sulfide) groups is 1. The molecular weight excluding hydrogens is 350 g/mol. The molecule has 1 saturated heterocycles. The van der Waals surface area contributed by atoms with Crippen LogP contribution in [-0.2, 0) is 9.59 Å². The van der Waals surface area contributed by atoms with Crippen LogP contribution in [-0.4, -0.2) is 29.2 Å². The van der Waals surface area contributed by atoms with Gasteiger partial charge in [-0.3, -0.25) is 9.59 Å². The second-order valence-electron chi connectivity index (χ2n) is 5.95. The monoisotopic (exact) mass is 367 g/mol. The standard InChI is InChI=1S/C19H17N3O3S/c1-11-8-12(2)21-18(15(11)10-20)26-16-9-17(23)22(19(16)24)13-4-6-14(25-3)7-5-13/h4-8,16H,9H2,1-3H3/t16-/m0/s1. The highest BCUT2D eigenvalue weighted by atomic mass is 32.2. The highest BCUT2D eigenvalue weighted by Gasteiger charge is 2.40. The Balaban J connectivity index is 1.87. The van der Waals surface area contributed by atoms with Crippen molar-refractivity contribution >= 4 is 29.3 Å². The van der Waals surface area contributed by atoms with Gasteiger partial charge in [0.1, 0.15) is 16.8 Å². The van der Waals surface area contributed by atoms with E-state index in [0.717, 1.165) is 11.3 Å². The molecule has 2 amide bonds. The first-order chi connectivity index (χ1) is 12.4. The molecule has 7 heteroatoms. The van der Waals surface area contributed by atoms with Crippen LogP contribution in [0.5, 0.6) is 5.75 Å². The van der Waals surface area contributed by atoms with Crippen LogP contribution in [0, 0.1) is 25.2 Å². The van der Waals surface area contributed by atoms with Gasteiger partial charge in [0.2, 0.25) is 11.8 Å². The van der Waals surface area contributed by atoms with Gasteiger partial charge in [-0.05, 0) is 49.7 Å². The molecule has 0 N–H and O–H groups in total. The van der Waals surface area contributed by atoms with Crippen LogP contribution in [0.25, 0.3) is 0 Å². The molecule has 26 heavy (non-hydrogen) atoms. The SMILES string of the molecule is COc1ccc(N2C(=O)C[C@H](Sc3nc(C)cc(C)c3C#N)C2=O)cc1. The summed E-state index contributed by atoms with van der Waals surface area (Å²) in [4.78, 5) is 30.8. The molecule has 1 aliphatic rings. The highest BCUT2D eigenvalue weighted by Crippen LogP contribution is 2.35. The molecule has 0 unspecified atom stereocenters. The highest BCUT2D eigenvalue weighted by molar-refractivity contribution is 8.00. The summed E-state index contributed by atoms with van der Waals surface area (Å²) in [6.07, 6.45) is 0.0784. The van der Waals surface area contributed by atoms with E-state index in [1.54, 1.807) is 31.4 Å². The summed E-state index contributed by atoms with van der Waals surface area (Å²) in [5.41, 5.74) is 2.54. The summed E-state index contributed by atoms with van der Waals surface area (Å²) in [7, 11) is 1.55. The third kappa shape index (κ3) is 3.28. The Hall–Kier alpha value is -2.85. The minimum atomic E-state index is -0.592. The first-order valence-corrected chi connectivity index (χ1v) is 8.88. The number of imide groups is 1. The molecule has 1 aromatic carbocycles. The molecule has 2 heterocycles. The van der Waals surface area contributed by atoms with Crippen LogP contribution in [0.3, 0.4) is 0 Å². The second-order valence-corrected chi connectivity index (χ2v) is 7.14. The maximum Gasteiger partial charge on any atom is 0.247 e. The van der Waals surface area contributed by atoms with Crippen LogP contribution < -0.4 is 9.64 Å². The van der Waals surface area contributed by atoms with Crippen LogP contribution in [0.15, 0.2) is 35.4 Å². The van der Waals surface area contributed by atoms with Crippen LogP contribution >= 0.6 is 11.8 Å². The number of benzene rings is 1. The fraction of sp³-hybridized carbons (Fsp3) is 0.263. The molecule has 132 valence electrons. The van der Waals surface area contributed by atoms with Crippen molar-refractivity contribution in [2.24, 2.45) is 0 Å². The number of nitriles is 1. The van der Waals surface area contributed by atoms with Crippen molar-refractivity contribution in [2.45, 2.75) is 30.5 Å². The number of methoxy groups -OCH3 is 1. The van der Waals surface area contributed by atoms with E-state index in [1.807, 2.05) is 19.9 Å². The van der Waals surface area contributed by atoms with Crippen molar-refractivity contribution in [3.05, 3.63) is 47.2 Å². The number of hydrogen-bond acceptors (Lipinski definition) is 6. The fourth-order valence-corrected chi connectivity index (χ4v) is 4.08. The number of rotatable bonds is 4. The van der Waals surface area contributed by atoms with Gasteiger partial charge in [0.25, 0.3) is 0 Å². The number of carbonyl (C=O) groups excluding carboxylic acids is 2. The number of pyridine rings is 1. The number of hydrogen-bond donors (Lipinski definition) is 0. The van der Waals surface area contributed by atoms with Crippen molar-refractivity contribution in [1.29, 1.82) is 5.26 Å². The summed E-state index contributed by atoms with van der Waals surface area (Å²) in [5, 5.41) is 9.28. The average molecular weight is 367 g/mol. The lowest BCUT2D eigenvalue weighted by Crippen LogP contribution is -2.31. The van der Waals surface area contributed by atoms with Crippen molar-refractivity contribution < 1.29 is 14.3 Å². The van der Waals surface area contributed by atoms with Gasteiger partial charge in [0.05, 0.1) is 23.6 Å². The predicted octanol–water partition coefficient (Wildman–Crippen LogP) is 3.00. The predicted molar refractivity (Wildman–Crippen MR) is 98.2 cm³/mol. The van der Waals surface area contributed by atoms with E-state index in [-0.39, 0.29) is 18.2 Å². The Morgan fingerprint density at radius 1 is 1.27 bits per heavy atom. The Labute approximate surface area is 155 Å². The van der Waals surface area contributed by atoms with Gasteiger partial charge in [0, 0.05) is 12.1 Å². The first kappa shape index (κ1) is 18.0. The second kappa shape index (κ2) is 7.18. The summed E-state index contributed by atoms with van der Waals surface area (Å²) >= 11 is 1.18. The topological polar surface area (TPSA) is 83.3 Å². The Kier molecular flexibility index (Phi) is 4.96. The van der Waals surface area contributed by atoms with Crippen LogP contribution in [0.1, 0.15) is 23.2 Å². The van der Waals surface area contributed by atoms with Gasteiger partial charge in [-0.25, -0.2) is 9.88 Å². The first-order valence-electron chi connectivity index (χ1n) is 8.00. The van der Waals surface area contributed by atoms with E-state index in [4.69, 9.17) is 4.74 Å². The molecule has 6 nitrogen and oxygen atoms in total. The molecule has 1 atom stereocenters. The molecule has 1 aromatic heterocycles. The van der Waals surface area contributed by atoms with E-state index in [1.165, 1.54) is 16.7 Å². The van der Waals surface area contributed by atoms with E-state index >= 15 is 0 Å². The quantitative estimate of drug-likeness (QED) is 0.773. The minimum Gasteiger partial charge on any atom is -0.497 e. The normalized spacial score (nSPS) is 16.7. The van der Waals surface area contributed by atoms with E-state index in [2.05, 4.69) is 11.1 Å². The number of anilines is 1. The van der Waals surface area contributed by atoms with Gasteiger partial charge in [-0.1, -0.05) is 11.8 Å². The lowest BCUT2D eigenvalue weighted by molar-refractivity contribution is -0.121. The molecule has 2 aromatic rings. The molecule has 0 spiro atoms. The number of carbonyl (C=O) groups is 2. The molecule has 0 saturated carbocycles. The van der Waals surface area contributed by atoms with E-state index < -0.39 is 5.25 Å². The lowest BCUT2D eigenvalue weighted by Gasteiger charge is -2.15. The van der Waals surface area contributed by atoms with Gasteiger partial charge in [-0.2, -0.15) is 5.26 Å². The Bertz CT molecular complexity index is 919. The Morgan fingerprint density at radius 3 is 2.58 bits per heavy atom. The van der Waals surface area contributed by atoms with Crippen molar-refractivity contribution in [3.63, 3.8) is 0 Å².